The van der Waals surface area contributed by atoms with Gasteiger partial charge in [0.2, 0.25) is 0 Å². The predicted octanol–water partition coefficient (Wildman–Crippen LogP) is 0.229. The van der Waals surface area contributed by atoms with Crippen LogP contribution in [-0.4, -0.2) is 27.6 Å². The molecule has 1 rings (SSSR count). The molecule has 2 N–H and O–H groups in total. The van der Waals surface area contributed by atoms with E-state index in [-0.39, 0.29) is 11.3 Å². The highest BCUT2D eigenvalue weighted by molar-refractivity contribution is 5.95. The van der Waals surface area contributed by atoms with E-state index < -0.39 is 5.97 Å². The van der Waals surface area contributed by atoms with Crippen LogP contribution in [0.15, 0.2) is 0 Å². The molecule has 0 aliphatic heterocycles. The number of nitrogens with zero attached hydrogens (tertiary/aromatic N) is 1. The summed E-state index contributed by atoms with van der Waals surface area (Å²) in [7, 11) is 0. The molecule has 0 amide bonds. The van der Waals surface area contributed by atoms with Crippen molar-refractivity contribution in [3.8, 4) is 0 Å². The number of carbonyl (C=O) groups is 2. The second-order valence-electron chi connectivity index (χ2n) is 2.03. The van der Waals surface area contributed by atoms with Crippen LogP contribution in [0.25, 0.3) is 0 Å². The van der Waals surface area contributed by atoms with Crippen molar-refractivity contribution in [1.29, 1.82) is 0 Å². The Balaban J connectivity index is 3.26. The van der Waals surface area contributed by atoms with Crippen molar-refractivity contribution in [1.82, 2.24) is 10.2 Å². The van der Waals surface area contributed by atoms with Crippen molar-refractivity contribution in [2.45, 2.75) is 6.92 Å². The van der Waals surface area contributed by atoms with Gasteiger partial charge in [-0.15, -0.1) is 0 Å². The van der Waals surface area contributed by atoms with Crippen molar-refractivity contribution in [3.63, 3.8) is 0 Å². The Hall–Kier alpha value is -1.65. The topological polar surface area (TPSA) is 83.1 Å². The molecule has 1 aromatic rings. The van der Waals surface area contributed by atoms with E-state index in [4.69, 9.17) is 5.11 Å². The Bertz CT molecular complexity index is 303. The number of aromatic amines is 1. The first-order valence-corrected chi connectivity index (χ1v) is 2.90. The van der Waals surface area contributed by atoms with Crippen LogP contribution in [0.5, 0.6) is 0 Å². The standard InChI is InChI=1S/C6H6N2O3/c1-3-4(2-9)5(6(10)11)8-7-3/h2H,1H3,(H,7,8)(H,10,11). The summed E-state index contributed by atoms with van der Waals surface area (Å²) in [6.07, 6.45) is 0.474. The second kappa shape index (κ2) is 2.53. The van der Waals surface area contributed by atoms with Gasteiger partial charge >= 0.3 is 5.97 Å². The van der Waals surface area contributed by atoms with Crippen molar-refractivity contribution in [2.24, 2.45) is 0 Å². The van der Waals surface area contributed by atoms with Gasteiger partial charge in [0, 0.05) is 5.69 Å². The fraction of sp³-hybridized carbons (Fsp3) is 0.167. The van der Waals surface area contributed by atoms with Gasteiger partial charge in [0.1, 0.15) is 0 Å². The number of aryl methyl sites for hydroxylation is 1. The lowest BCUT2D eigenvalue weighted by Gasteiger charge is -1.86. The van der Waals surface area contributed by atoms with Gasteiger partial charge in [-0.1, -0.05) is 0 Å². The third-order valence-corrected chi connectivity index (χ3v) is 1.31. The largest absolute Gasteiger partial charge is 0.476 e. The SMILES string of the molecule is Cc1[nH]nc(C(=O)O)c1C=O. The number of aromatic carboxylic acids is 1. The van der Waals surface area contributed by atoms with Gasteiger partial charge in [0.25, 0.3) is 0 Å². The summed E-state index contributed by atoms with van der Waals surface area (Å²) in [4.78, 5) is 20.6. The average molecular weight is 154 g/mol. The summed E-state index contributed by atoms with van der Waals surface area (Å²) in [6, 6.07) is 0. The molecule has 0 aromatic carbocycles. The van der Waals surface area contributed by atoms with E-state index in [9.17, 15) is 9.59 Å². The summed E-state index contributed by atoms with van der Waals surface area (Å²) >= 11 is 0. The fourth-order valence-corrected chi connectivity index (χ4v) is 0.745. The maximum absolute atomic E-state index is 10.4. The van der Waals surface area contributed by atoms with Crippen molar-refractivity contribution in [3.05, 3.63) is 17.0 Å². The molecule has 5 nitrogen and oxygen atoms in total. The highest BCUT2D eigenvalue weighted by atomic mass is 16.4. The van der Waals surface area contributed by atoms with Gasteiger partial charge in [-0.25, -0.2) is 4.79 Å². The highest BCUT2D eigenvalue weighted by Gasteiger charge is 2.14. The van der Waals surface area contributed by atoms with E-state index in [1.165, 1.54) is 0 Å². The number of carbonyl (C=O) groups excluding carboxylic acids is 1. The maximum Gasteiger partial charge on any atom is 0.357 e. The number of aldehydes is 1. The van der Waals surface area contributed by atoms with E-state index >= 15 is 0 Å². The monoisotopic (exact) mass is 154 g/mol. The summed E-state index contributed by atoms with van der Waals surface area (Å²) in [5, 5.41) is 14.3. The lowest BCUT2D eigenvalue weighted by Crippen LogP contribution is -2.00. The maximum atomic E-state index is 10.4. The number of H-pyrrole nitrogens is 1. The van der Waals surface area contributed by atoms with Crippen LogP contribution in [0.1, 0.15) is 26.5 Å². The normalized spacial score (nSPS) is 9.55. The third kappa shape index (κ3) is 1.12. The summed E-state index contributed by atoms with van der Waals surface area (Å²) in [5.74, 6) is -1.20. The minimum Gasteiger partial charge on any atom is -0.476 e. The first-order chi connectivity index (χ1) is 5.16. The molecular formula is C6H6N2O3. The first-order valence-electron chi connectivity index (χ1n) is 2.90. The molecule has 0 atom stereocenters. The van der Waals surface area contributed by atoms with E-state index in [1.807, 2.05) is 0 Å². The van der Waals surface area contributed by atoms with E-state index in [1.54, 1.807) is 6.92 Å². The average Bonchev–Trinajstić information content (AvgIpc) is 2.30. The van der Waals surface area contributed by atoms with Crippen molar-refractivity contribution < 1.29 is 14.7 Å². The highest BCUT2D eigenvalue weighted by Crippen LogP contribution is 2.06. The second-order valence-corrected chi connectivity index (χ2v) is 2.03. The van der Waals surface area contributed by atoms with Crippen molar-refractivity contribution >= 4 is 12.3 Å². The van der Waals surface area contributed by atoms with Crippen LogP contribution in [0.3, 0.4) is 0 Å². The van der Waals surface area contributed by atoms with Crippen LogP contribution >= 0.6 is 0 Å². The van der Waals surface area contributed by atoms with Gasteiger partial charge in [0.15, 0.2) is 12.0 Å². The predicted molar refractivity (Wildman–Crippen MR) is 35.7 cm³/mol. The molecule has 0 saturated carbocycles. The molecule has 0 aliphatic rings. The summed E-state index contributed by atoms with van der Waals surface area (Å²) in [6.45, 7) is 1.59. The number of aromatic nitrogens is 2. The number of carboxylic acids is 1. The molecule has 11 heavy (non-hydrogen) atoms. The number of carboxylic acid groups (broad SMARTS) is 1. The van der Waals surface area contributed by atoms with E-state index in [2.05, 4.69) is 10.2 Å². The summed E-state index contributed by atoms with van der Waals surface area (Å²) < 4.78 is 0. The number of hydrogen-bond donors (Lipinski definition) is 2. The Labute approximate surface area is 62.0 Å². The lowest BCUT2D eigenvalue weighted by molar-refractivity contribution is 0.0687. The molecule has 58 valence electrons. The zero-order valence-corrected chi connectivity index (χ0v) is 5.79. The Morgan fingerprint density at radius 3 is 2.73 bits per heavy atom. The van der Waals surface area contributed by atoms with Crippen molar-refractivity contribution in [2.75, 3.05) is 0 Å². The van der Waals surface area contributed by atoms with E-state index in [0.717, 1.165) is 0 Å². The number of nitrogens with one attached hydrogen (secondary N) is 1. The first kappa shape index (κ1) is 7.46. The van der Waals surface area contributed by atoms with Gasteiger partial charge in [-0.2, -0.15) is 5.10 Å². The van der Waals surface area contributed by atoms with Gasteiger partial charge < -0.3 is 5.11 Å². The molecule has 0 aliphatic carbocycles. The molecule has 0 spiro atoms. The fourth-order valence-electron chi connectivity index (χ4n) is 0.745. The lowest BCUT2D eigenvalue weighted by atomic mass is 10.2. The Morgan fingerprint density at radius 1 is 1.73 bits per heavy atom. The van der Waals surface area contributed by atoms with Gasteiger partial charge in [-0.3, -0.25) is 9.89 Å². The molecule has 0 radical (unpaired) electrons. The van der Waals surface area contributed by atoms with Crippen LogP contribution < -0.4 is 0 Å². The minimum absolute atomic E-state index is 0.109. The minimum atomic E-state index is -1.20. The molecular weight excluding hydrogens is 148 g/mol. The molecule has 0 saturated heterocycles. The smallest absolute Gasteiger partial charge is 0.357 e. The van der Waals surface area contributed by atoms with Gasteiger partial charge in [0.05, 0.1) is 5.56 Å². The molecule has 0 fully saturated rings. The molecule has 0 unspecified atom stereocenters. The Kier molecular flexibility index (Phi) is 1.72. The quantitative estimate of drug-likeness (QED) is 0.597. The number of rotatable bonds is 2. The zero-order valence-electron chi connectivity index (χ0n) is 5.79. The summed E-state index contributed by atoms with van der Waals surface area (Å²) in [5.41, 5.74) is 0.354. The Morgan fingerprint density at radius 2 is 2.36 bits per heavy atom. The number of hydrogen-bond acceptors (Lipinski definition) is 3. The molecule has 5 heteroatoms. The zero-order chi connectivity index (χ0) is 8.43. The van der Waals surface area contributed by atoms with Crippen LogP contribution in [0.2, 0.25) is 0 Å². The molecule has 1 aromatic heterocycles. The van der Waals surface area contributed by atoms with Crippen LogP contribution in [-0.2, 0) is 0 Å². The third-order valence-electron chi connectivity index (χ3n) is 1.31. The van der Waals surface area contributed by atoms with Crippen LogP contribution in [0, 0.1) is 6.92 Å². The molecule has 1 heterocycles. The van der Waals surface area contributed by atoms with Crippen LogP contribution in [0.4, 0.5) is 0 Å². The van der Waals surface area contributed by atoms with Gasteiger partial charge in [-0.05, 0) is 6.92 Å². The molecule has 0 bridgehead atoms. The van der Waals surface area contributed by atoms with E-state index in [0.29, 0.717) is 12.0 Å².